The number of carboxylic acids is 1. The second-order valence-electron chi connectivity index (χ2n) is 7.51. The molecule has 2 heterocycles. The average Bonchev–Trinajstić information content (AvgIpc) is 3.09. The van der Waals surface area contributed by atoms with E-state index < -0.39 is 36.0 Å². The summed E-state index contributed by atoms with van der Waals surface area (Å²) >= 11 is 0. The van der Waals surface area contributed by atoms with Crippen LogP contribution in [-0.2, 0) is 0 Å². The zero-order valence-corrected chi connectivity index (χ0v) is 16.5. The molecular formula is C19H23F3N4O4. The Morgan fingerprint density at radius 1 is 1.33 bits per heavy atom. The summed E-state index contributed by atoms with van der Waals surface area (Å²) in [7, 11) is 0. The van der Waals surface area contributed by atoms with Crippen LogP contribution >= 0.6 is 0 Å². The van der Waals surface area contributed by atoms with Crippen molar-refractivity contribution < 1.29 is 32.6 Å². The highest BCUT2D eigenvalue weighted by Crippen LogP contribution is 2.28. The molecule has 0 unspecified atom stereocenters. The maximum atomic E-state index is 12.6. The Morgan fingerprint density at radius 3 is 2.57 bits per heavy atom. The molecule has 1 aliphatic heterocycles. The van der Waals surface area contributed by atoms with Crippen molar-refractivity contribution in [3.63, 3.8) is 0 Å². The first kappa shape index (κ1) is 21.9. The molecule has 1 fully saturated rings. The number of hydrogen-bond acceptors (Lipinski definition) is 5. The molecule has 2 aromatic rings. The number of nitrogens with one attached hydrogen (secondary N) is 2. The number of carbonyl (C=O) groups excluding carboxylic acids is 1. The summed E-state index contributed by atoms with van der Waals surface area (Å²) in [6, 6.07) is 2.84. The van der Waals surface area contributed by atoms with Gasteiger partial charge in [-0.25, -0.2) is 9.78 Å². The minimum atomic E-state index is -4.62. The summed E-state index contributed by atoms with van der Waals surface area (Å²) in [6.07, 6.45) is -3.06. The maximum Gasteiger partial charge on any atom is 0.422 e. The molecule has 0 radical (unpaired) electrons. The third-order valence-electron chi connectivity index (χ3n) is 5.03. The molecule has 1 amide bonds. The average molecular weight is 428 g/mol. The van der Waals surface area contributed by atoms with E-state index in [9.17, 15) is 27.9 Å². The van der Waals surface area contributed by atoms with Gasteiger partial charge in [-0.3, -0.25) is 4.79 Å². The van der Waals surface area contributed by atoms with Crippen molar-refractivity contribution in [2.45, 2.75) is 44.9 Å². The normalized spacial score (nSPS) is 16.2. The number of hydrogen-bond donors (Lipinski definition) is 3. The molecule has 0 bridgehead atoms. The predicted octanol–water partition coefficient (Wildman–Crippen LogP) is 2.80. The molecule has 8 nitrogen and oxygen atoms in total. The molecule has 30 heavy (non-hydrogen) atoms. The number of aromatic nitrogens is 2. The molecule has 3 N–H and O–H groups in total. The van der Waals surface area contributed by atoms with E-state index in [1.807, 2.05) is 0 Å². The molecule has 0 spiro atoms. The fourth-order valence-electron chi connectivity index (χ4n) is 3.46. The van der Waals surface area contributed by atoms with E-state index in [2.05, 4.69) is 38.8 Å². The van der Waals surface area contributed by atoms with Crippen LogP contribution in [0, 0.1) is 0 Å². The molecule has 1 saturated heterocycles. The highest BCUT2D eigenvalue weighted by atomic mass is 19.4. The standard InChI is InChI=1S/C19H23F3N4O4/c1-10(2)26-7-5-11(6-8-26)23-17(27)16-24-12-3-4-13(30-9-19(20,21)22)14(18(28)29)15(12)25-16/h3-4,10-11H,5-9H2,1-2H3,(H,23,27)(H,24,25)(H,28,29). The van der Waals surface area contributed by atoms with Gasteiger partial charge in [-0.15, -0.1) is 0 Å². The third-order valence-corrected chi connectivity index (χ3v) is 5.03. The Balaban J connectivity index is 1.78. The van der Waals surface area contributed by atoms with Crippen LogP contribution in [0.15, 0.2) is 12.1 Å². The number of alkyl halides is 3. The van der Waals surface area contributed by atoms with E-state index >= 15 is 0 Å². The molecule has 1 aromatic carbocycles. The van der Waals surface area contributed by atoms with Gasteiger partial charge in [-0.1, -0.05) is 0 Å². The number of imidazole rings is 1. The first-order valence-electron chi connectivity index (χ1n) is 9.55. The molecule has 1 aliphatic rings. The summed E-state index contributed by atoms with van der Waals surface area (Å²) in [6.45, 7) is 4.29. The number of aromatic carboxylic acids is 1. The van der Waals surface area contributed by atoms with Crippen LogP contribution in [0.4, 0.5) is 13.2 Å². The van der Waals surface area contributed by atoms with E-state index in [1.54, 1.807) is 0 Å². The maximum absolute atomic E-state index is 12.6. The van der Waals surface area contributed by atoms with Gasteiger partial charge >= 0.3 is 12.1 Å². The topological polar surface area (TPSA) is 108 Å². The predicted molar refractivity (Wildman–Crippen MR) is 102 cm³/mol. The zero-order chi connectivity index (χ0) is 22.1. The second kappa shape index (κ2) is 8.50. The molecule has 1 aromatic heterocycles. The van der Waals surface area contributed by atoms with Crippen LogP contribution in [0.2, 0.25) is 0 Å². The molecular weight excluding hydrogens is 405 g/mol. The van der Waals surface area contributed by atoms with Gasteiger partial charge in [0.2, 0.25) is 0 Å². The number of nitrogens with zero attached hydrogens (tertiary/aromatic N) is 2. The van der Waals surface area contributed by atoms with Crippen LogP contribution in [0.1, 0.15) is 47.7 Å². The lowest BCUT2D eigenvalue weighted by molar-refractivity contribution is -0.153. The number of ether oxygens (including phenoxy) is 1. The minimum Gasteiger partial charge on any atom is -0.483 e. The fraction of sp³-hybridized carbons (Fsp3) is 0.526. The highest BCUT2D eigenvalue weighted by molar-refractivity contribution is 6.05. The summed E-state index contributed by atoms with van der Waals surface area (Å²) < 4.78 is 41.9. The molecule has 0 saturated carbocycles. The lowest BCUT2D eigenvalue weighted by atomic mass is 10.0. The molecule has 164 valence electrons. The number of benzene rings is 1. The van der Waals surface area contributed by atoms with Gasteiger partial charge in [0, 0.05) is 25.2 Å². The van der Waals surface area contributed by atoms with Crippen LogP contribution < -0.4 is 10.1 Å². The summed E-state index contributed by atoms with van der Waals surface area (Å²) in [5.41, 5.74) is -0.453. The van der Waals surface area contributed by atoms with Crippen molar-refractivity contribution in [1.82, 2.24) is 20.2 Å². The van der Waals surface area contributed by atoms with E-state index in [4.69, 9.17) is 0 Å². The number of amides is 1. The number of carbonyl (C=O) groups is 2. The Hall–Kier alpha value is -2.82. The highest BCUT2D eigenvalue weighted by Gasteiger charge is 2.30. The van der Waals surface area contributed by atoms with Crippen LogP contribution in [0.3, 0.4) is 0 Å². The van der Waals surface area contributed by atoms with Gasteiger partial charge in [0.25, 0.3) is 5.91 Å². The Labute approximate surface area is 170 Å². The quantitative estimate of drug-likeness (QED) is 0.653. The van der Waals surface area contributed by atoms with Gasteiger partial charge in [0.05, 0.1) is 5.52 Å². The van der Waals surface area contributed by atoms with Crippen LogP contribution in [-0.4, -0.2) is 69.8 Å². The molecule has 0 atom stereocenters. The van der Waals surface area contributed by atoms with Crippen molar-refractivity contribution in [2.24, 2.45) is 0 Å². The van der Waals surface area contributed by atoms with Crippen molar-refractivity contribution >= 4 is 22.9 Å². The first-order valence-corrected chi connectivity index (χ1v) is 9.55. The van der Waals surface area contributed by atoms with E-state index in [0.29, 0.717) is 6.04 Å². The number of H-pyrrole nitrogens is 1. The lowest BCUT2D eigenvalue weighted by Gasteiger charge is -2.34. The van der Waals surface area contributed by atoms with E-state index in [-0.39, 0.29) is 22.9 Å². The fourth-order valence-corrected chi connectivity index (χ4v) is 3.46. The second-order valence-corrected chi connectivity index (χ2v) is 7.51. The van der Waals surface area contributed by atoms with Gasteiger partial charge in [0.15, 0.2) is 12.4 Å². The van der Waals surface area contributed by atoms with Gasteiger partial charge in [-0.2, -0.15) is 13.2 Å². The summed E-state index contributed by atoms with van der Waals surface area (Å²) in [5.74, 6) is -2.57. The third kappa shape index (κ3) is 5.02. The largest absolute Gasteiger partial charge is 0.483 e. The van der Waals surface area contributed by atoms with Gasteiger partial charge < -0.3 is 25.0 Å². The minimum absolute atomic E-state index is 0.0367. The summed E-state index contributed by atoms with van der Waals surface area (Å²) in [4.78, 5) is 33.3. The number of likely N-dealkylation sites (tertiary alicyclic amines) is 1. The number of piperidine rings is 1. The Kier molecular flexibility index (Phi) is 6.20. The van der Waals surface area contributed by atoms with Crippen LogP contribution in [0.25, 0.3) is 11.0 Å². The smallest absolute Gasteiger partial charge is 0.422 e. The van der Waals surface area contributed by atoms with Crippen molar-refractivity contribution in [2.75, 3.05) is 19.7 Å². The monoisotopic (exact) mass is 428 g/mol. The molecule has 0 aliphatic carbocycles. The molecule has 11 heteroatoms. The van der Waals surface area contributed by atoms with Crippen LogP contribution in [0.5, 0.6) is 5.75 Å². The SMILES string of the molecule is CC(C)N1CCC(NC(=O)c2nc3c(C(=O)O)c(OCC(F)(F)F)ccc3[nH]2)CC1. The number of aromatic amines is 1. The zero-order valence-electron chi connectivity index (χ0n) is 16.5. The van der Waals surface area contributed by atoms with Crippen molar-refractivity contribution in [3.05, 3.63) is 23.5 Å². The number of halogens is 3. The Morgan fingerprint density at radius 2 is 2.00 bits per heavy atom. The summed E-state index contributed by atoms with van der Waals surface area (Å²) in [5, 5.41) is 12.3. The lowest BCUT2D eigenvalue weighted by Crippen LogP contribution is -2.46. The molecule has 3 rings (SSSR count). The Bertz CT molecular complexity index is 934. The number of carboxylic acid groups (broad SMARTS) is 1. The van der Waals surface area contributed by atoms with E-state index in [1.165, 1.54) is 6.07 Å². The van der Waals surface area contributed by atoms with E-state index in [0.717, 1.165) is 32.0 Å². The van der Waals surface area contributed by atoms with Gasteiger partial charge in [-0.05, 0) is 38.8 Å². The number of rotatable bonds is 6. The number of fused-ring (bicyclic) bond motifs is 1. The first-order chi connectivity index (χ1) is 14.0. The van der Waals surface area contributed by atoms with Crippen molar-refractivity contribution in [1.29, 1.82) is 0 Å². The van der Waals surface area contributed by atoms with Gasteiger partial charge in [0.1, 0.15) is 16.8 Å². The van der Waals surface area contributed by atoms with Crippen molar-refractivity contribution in [3.8, 4) is 5.75 Å².